The average Bonchev–Trinajstić information content (AvgIpc) is 3.31. The second-order valence-corrected chi connectivity index (χ2v) is 11.1. The molecule has 31 heavy (non-hydrogen) atoms. The maximum absolute atomic E-state index is 13.3. The SMILES string of the molecule is Cc1ccc(S(=O)(=O)[C@@H]2C[C@@H](C(=O)NC3(C#N)CC3)[C@H](C(=O)N3CC(F)(F)C3)C2)cc1. The number of sulfone groups is 1. The summed E-state index contributed by atoms with van der Waals surface area (Å²) in [5, 5.41) is 10.9. The lowest BCUT2D eigenvalue weighted by atomic mass is 9.92. The highest BCUT2D eigenvalue weighted by molar-refractivity contribution is 7.92. The highest BCUT2D eigenvalue weighted by Gasteiger charge is 2.55. The minimum Gasteiger partial charge on any atom is -0.338 e. The van der Waals surface area contributed by atoms with Gasteiger partial charge in [0.1, 0.15) is 5.54 Å². The lowest BCUT2D eigenvalue weighted by Crippen LogP contribution is -2.60. The normalized spacial score (nSPS) is 28.3. The fourth-order valence-electron chi connectivity index (χ4n) is 4.35. The summed E-state index contributed by atoms with van der Waals surface area (Å²) >= 11 is 0. The Kier molecular flexibility index (Phi) is 5.08. The zero-order chi connectivity index (χ0) is 22.6. The van der Waals surface area contributed by atoms with Crippen LogP contribution in [0.3, 0.4) is 0 Å². The minimum absolute atomic E-state index is 0.0931. The third-order valence-corrected chi connectivity index (χ3v) is 8.64. The molecule has 1 aromatic carbocycles. The van der Waals surface area contributed by atoms with Gasteiger partial charge in [-0.05, 0) is 44.7 Å². The summed E-state index contributed by atoms with van der Waals surface area (Å²) in [6, 6.07) is 8.34. The van der Waals surface area contributed by atoms with Crippen molar-refractivity contribution in [1.82, 2.24) is 10.2 Å². The standard InChI is InChI=1S/C21H23F2N3O4S/c1-13-2-4-14(5-3-13)31(29,30)15-8-16(18(27)25-20(10-24)6-7-20)17(9-15)19(28)26-11-21(22,23)12-26/h2-5,15-17H,6-9,11-12H2,1H3,(H,25,27)/t15-,16-,17-/m1/s1. The molecule has 3 atom stereocenters. The number of nitriles is 1. The van der Waals surface area contributed by atoms with Crippen LogP contribution in [-0.2, 0) is 19.4 Å². The molecular formula is C21H23F2N3O4S. The van der Waals surface area contributed by atoms with Crippen LogP contribution in [0.5, 0.6) is 0 Å². The molecule has 0 bridgehead atoms. The van der Waals surface area contributed by atoms with E-state index in [-0.39, 0.29) is 17.7 Å². The summed E-state index contributed by atoms with van der Waals surface area (Å²) in [6.45, 7) is 0.370. The van der Waals surface area contributed by atoms with Crippen LogP contribution in [0.4, 0.5) is 8.78 Å². The number of carbonyl (C=O) groups excluding carboxylic acids is 2. The van der Waals surface area contributed by atoms with Crippen molar-refractivity contribution < 1.29 is 26.8 Å². The van der Waals surface area contributed by atoms with E-state index in [1.54, 1.807) is 12.1 Å². The second kappa shape index (κ2) is 7.26. The number of alkyl halides is 2. The number of nitrogens with zero attached hydrogens (tertiary/aromatic N) is 2. The Morgan fingerprint density at radius 2 is 1.71 bits per heavy atom. The first kappa shape index (κ1) is 21.7. The highest BCUT2D eigenvalue weighted by Crippen LogP contribution is 2.43. The van der Waals surface area contributed by atoms with E-state index in [1.807, 2.05) is 13.0 Å². The molecule has 1 aliphatic heterocycles. The van der Waals surface area contributed by atoms with E-state index in [0.29, 0.717) is 12.8 Å². The number of hydrogen-bond donors (Lipinski definition) is 1. The zero-order valence-corrected chi connectivity index (χ0v) is 17.8. The van der Waals surface area contributed by atoms with Crippen LogP contribution in [0.2, 0.25) is 0 Å². The Labute approximate surface area is 179 Å². The number of likely N-dealkylation sites (tertiary alicyclic amines) is 1. The summed E-state index contributed by atoms with van der Waals surface area (Å²) < 4.78 is 52.9. The first-order valence-electron chi connectivity index (χ1n) is 10.2. The largest absolute Gasteiger partial charge is 0.338 e. The molecular weight excluding hydrogens is 428 g/mol. The molecule has 166 valence electrons. The molecule has 0 unspecified atom stereocenters. The minimum atomic E-state index is -3.82. The first-order valence-corrected chi connectivity index (χ1v) is 11.7. The molecule has 1 N–H and O–H groups in total. The molecule has 1 heterocycles. The van der Waals surface area contributed by atoms with Crippen LogP contribution >= 0.6 is 0 Å². The van der Waals surface area contributed by atoms with Crippen molar-refractivity contribution in [2.75, 3.05) is 13.1 Å². The Hall–Kier alpha value is -2.54. The zero-order valence-electron chi connectivity index (χ0n) is 17.0. The van der Waals surface area contributed by atoms with Crippen LogP contribution in [0.15, 0.2) is 29.2 Å². The van der Waals surface area contributed by atoms with Crippen LogP contribution in [-0.4, -0.2) is 54.9 Å². The molecule has 3 fully saturated rings. The van der Waals surface area contributed by atoms with Gasteiger partial charge in [0.2, 0.25) is 11.8 Å². The predicted octanol–water partition coefficient (Wildman–Crippen LogP) is 1.81. The number of rotatable bonds is 5. The molecule has 0 aromatic heterocycles. The Morgan fingerprint density at radius 3 is 2.23 bits per heavy atom. The van der Waals surface area contributed by atoms with Gasteiger partial charge >= 0.3 is 0 Å². The van der Waals surface area contributed by atoms with Gasteiger partial charge in [0.15, 0.2) is 9.84 Å². The van der Waals surface area contributed by atoms with Gasteiger partial charge in [-0.25, -0.2) is 17.2 Å². The van der Waals surface area contributed by atoms with Crippen molar-refractivity contribution in [3.63, 3.8) is 0 Å². The van der Waals surface area contributed by atoms with Gasteiger partial charge in [0.25, 0.3) is 5.92 Å². The van der Waals surface area contributed by atoms with E-state index >= 15 is 0 Å². The molecule has 10 heteroatoms. The smallest absolute Gasteiger partial charge is 0.282 e. The van der Waals surface area contributed by atoms with Crippen LogP contribution < -0.4 is 5.32 Å². The Balaban J connectivity index is 1.58. The highest BCUT2D eigenvalue weighted by atomic mass is 32.2. The van der Waals surface area contributed by atoms with E-state index in [4.69, 9.17) is 0 Å². The van der Waals surface area contributed by atoms with E-state index in [1.165, 1.54) is 12.1 Å². The topological polar surface area (TPSA) is 107 Å². The number of aryl methyl sites for hydroxylation is 1. The van der Waals surface area contributed by atoms with Crippen molar-refractivity contribution in [2.45, 2.75) is 54.2 Å². The predicted molar refractivity (Wildman–Crippen MR) is 106 cm³/mol. The number of nitrogens with one attached hydrogen (secondary N) is 1. The number of hydrogen-bond acceptors (Lipinski definition) is 5. The van der Waals surface area contributed by atoms with Crippen molar-refractivity contribution in [3.05, 3.63) is 29.8 Å². The molecule has 0 radical (unpaired) electrons. The first-order chi connectivity index (χ1) is 14.5. The molecule has 0 spiro atoms. The van der Waals surface area contributed by atoms with Gasteiger partial charge in [0.05, 0.1) is 41.1 Å². The van der Waals surface area contributed by atoms with Gasteiger partial charge in [-0.1, -0.05) is 17.7 Å². The summed E-state index contributed by atoms with van der Waals surface area (Å²) in [5.74, 6) is -6.16. The summed E-state index contributed by atoms with van der Waals surface area (Å²) in [6.07, 6.45) is 0.771. The fraction of sp³-hybridized carbons (Fsp3) is 0.571. The fourth-order valence-corrected chi connectivity index (χ4v) is 6.17. The van der Waals surface area contributed by atoms with Gasteiger partial charge < -0.3 is 10.2 Å². The van der Waals surface area contributed by atoms with E-state index in [2.05, 4.69) is 5.32 Å². The van der Waals surface area contributed by atoms with Crippen molar-refractivity contribution in [2.24, 2.45) is 11.8 Å². The van der Waals surface area contributed by atoms with Crippen molar-refractivity contribution >= 4 is 21.7 Å². The maximum atomic E-state index is 13.3. The number of benzene rings is 1. The number of carbonyl (C=O) groups is 2. The Bertz CT molecular complexity index is 1050. The van der Waals surface area contributed by atoms with Crippen molar-refractivity contribution in [3.8, 4) is 6.07 Å². The Morgan fingerprint density at radius 1 is 1.13 bits per heavy atom. The number of halogens is 2. The quantitative estimate of drug-likeness (QED) is 0.735. The molecule has 2 saturated carbocycles. The number of amides is 2. The van der Waals surface area contributed by atoms with Crippen LogP contribution in [0.25, 0.3) is 0 Å². The molecule has 3 aliphatic rings. The third kappa shape index (κ3) is 4.03. The van der Waals surface area contributed by atoms with Gasteiger partial charge in [-0.15, -0.1) is 0 Å². The lowest BCUT2D eigenvalue weighted by molar-refractivity contribution is -0.171. The summed E-state index contributed by atoms with van der Waals surface area (Å²) in [4.78, 5) is 26.9. The molecule has 2 aliphatic carbocycles. The molecule has 1 saturated heterocycles. The monoisotopic (exact) mass is 451 g/mol. The summed E-state index contributed by atoms with van der Waals surface area (Å²) in [7, 11) is -3.82. The third-order valence-electron chi connectivity index (χ3n) is 6.44. The molecule has 1 aromatic rings. The molecule has 2 amide bonds. The second-order valence-electron chi connectivity index (χ2n) is 8.90. The van der Waals surface area contributed by atoms with Crippen molar-refractivity contribution in [1.29, 1.82) is 5.26 Å². The maximum Gasteiger partial charge on any atom is 0.282 e. The lowest BCUT2D eigenvalue weighted by Gasteiger charge is -2.40. The van der Waals surface area contributed by atoms with E-state index in [9.17, 15) is 32.0 Å². The molecule has 4 rings (SSSR count). The van der Waals surface area contributed by atoms with Gasteiger partial charge in [-0.3, -0.25) is 9.59 Å². The van der Waals surface area contributed by atoms with E-state index in [0.717, 1.165) is 10.5 Å². The van der Waals surface area contributed by atoms with Gasteiger partial charge in [0, 0.05) is 0 Å². The summed E-state index contributed by atoms with van der Waals surface area (Å²) in [5.41, 5.74) is -0.0804. The van der Waals surface area contributed by atoms with Crippen LogP contribution in [0, 0.1) is 30.1 Å². The van der Waals surface area contributed by atoms with E-state index < -0.39 is 63.3 Å². The molecule has 7 nitrogen and oxygen atoms in total. The van der Waals surface area contributed by atoms with Gasteiger partial charge in [-0.2, -0.15) is 5.26 Å². The average molecular weight is 451 g/mol. The van der Waals surface area contributed by atoms with Crippen LogP contribution in [0.1, 0.15) is 31.2 Å².